The minimum Gasteiger partial charge on any atom is -0.318 e. The monoisotopic (exact) mass is 331 g/mol. The second-order valence-electron chi connectivity index (χ2n) is 4.89. The first kappa shape index (κ1) is 14.9. The fourth-order valence-corrected chi connectivity index (χ4v) is 3.75. The molecule has 22 heavy (non-hydrogen) atoms. The average Bonchev–Trinajstić information content (AvgIpc) is 3.05. The lowest BCUT2D eigenvalue weighted by Crippen LogP contribution is -2.02. The van der Waals surface area contributed by atoms with Crippen molar-refractivity contribution < 1.29 is 8.42 Å². The van der Waals surface area contributed by atoms with Crippen molar-refractivity contribution in [3.05, 3.63) is 40.9 Å². The van der Waals surface area contributed by atoms with Gasteiger partial charge >= 0.3 is 0 Å². The second kappa shape index (κ2) is 5.63. The highest BCUT2D eigenvalue weighted by Gasteiger charge is 2.23. The molecule has 1 aliphatic rings. The Labute approximate surface area is 133 Å². The normalized spacial score (nSPS) is 14.6. The van der Waals surface area contributed by atoms with Gasteiger partial charge in [-0.15, -0.1) is 0 Å². The maximum Gasteiger partial charge on any atom is 0.185 e. The molecule has 5 nitrogen and oxygen atoms in total. The molecule has 0 bridgehead atoms. The van der Waals surface area contributed by atoms with Crippen molar-refractivity contribution in [1.82, 2.24) is 9.55 Å². The summed E-state index contributed by atoms with van der Waals surface area (Å²) in [7, 11) is -3.56. The van der Waals surface area contributed by atoms with Gasteiger partial charge in [-0.1, -0.05) is 42.1 Å². The molecule has 1 aromatic carbocycles. The Balaban J connectivity index is 2.23. The lowest BCUT2D eigenvalue weighted by molar-refractivity contribution is 0.609. The van der Waals surface area contributed by atoms with Crippen molar-refractivity contribution in [1.29, 1.82) is 5.26 Å². The summed E-state index contributed by atoms with van der Waals surface area (Å²) in [4.78, 5) is 4.36. The fourth-order valence-electron chi connectivity index (χ4n) is 2.30. The Hall–Kier alpha value is -2.04. The Bertz CT molecular complexity index is 891. The van der Waals surface area contributed by atoms with Crippen LogP contribution in [-0.4, -0.2) is 30.0 Å². The molecule has 112 valence electrons. The number of hydrogen-bond donors (Lipinski definition) is 0. The van der Waals surface area contributed by atoms with E-state index in [9.17, 15) is 8.42 Å². The average molecular weight is 331 g/mol. The minimum atomic E-state index is -3.56. The molecule has 3 rings (SSSR count). The molecule has 0 saturated heterocycles. The van der Waals surface area contributed by atoms with E-state index in [0.29, 0.717) is 11.4 Å². The molecular weight excluding hydrogens is 318 g/mol. The third-order valence-corrected chi connectivity index (χ3v) is 5.31. The number of nitriles is 1. The molecular formula is C15H13N3O2S2. The highest BCUT2D eigenvalue weighted by molar-refractivity contribution is 7.99. The van der Waals surface area contributed by atoms with E-state index in [1.807, 2.05) is 34.9 Å². The summed E-state index contributed by atoms with van der Waals surface area (Å²) in [6.45, 7) is 0.758. The fraction of sp³-hybridized carbons (Fsp3) is 0.200. The molecule has 0 N–H and O–H groups in total. The number of thioether (sulfide) groups is 1. The van der Waals surface area contributed by atoms with Crippen LogP contribution in [0, 0.1) is 11.3 Å². The summed E-state index contributed by atoms with van der Waals surface area (Å²) in [6, 6.07) is 11.3. The van der Waals surface area contributed by atoms with Crippen LogP contribution in [0.15, 0.2) is 40.4 Å². The molecule has 0 amide bonds. The number of allylic oxidation sites excluding steroid dienone is 1. The molecule has 0 spiro atoms. The Morgan fingerprint density at radius 2 is 2.14 bits per heavy atom. The molecule has 0 atom stereocenters. The number of imidazole rings is 1. The van der Waals surface area contributed by atoms with E-state index in [4.69, 9.17) is 5.26 Å². The Morgan fingerprint density at radius 3 is 2.77 bits per heavy atom. The molecule has 2 aromatic rings. The van der Waals surface area contributed by atoms with Crippen LogP contribution in [0.3, 0.4) is 0 Å². The maximum atomic E-state index is 11.7. The molecule has 0 radical (unpaired) electrons. The topological polar surface area (TPSA) is 75.8 Å². The number of rotatable bonds is 3. The minimum absolute atomic E-state index is 0.246. The smallest absolute Gasteiger partial charge is 0.185 e. The lowest BCUT2D eigenvalue weighted by Gasteiger charge is -2.04. The van der Waals surface area contributed by atoms with E-state index in [0.717, 1.165) is 29.3 Å². The van der Waals surface area contributed by atoms with E-state index in [-0.39, 0.29) is 4.91 Å². The molecule has 0 aliphatic carbocycles. The summed E-state index contributed by atoms with van der Waals surface area (Å²) < 4.78 is 25.4. The lowest BCUT2D eigenvalue weighted by atomic mass is 10.1. The predicted molar refractivity (Wildman–Crippen MR) is 86.8 cm³/mol. The Kier molecular flexibility index (Phi) is 3.81. The van der Waals surface area contributed by atoms with Gasteiger partial charge in [-0.3, -0.25) is 0 Å². The molecule has 1 aromatic heterocycles. The van der Waals surface area contributed by atoms with Gasteiger partial charge in [0.25, 0.3) is 0 Å². The molecule has 7 heteroatoms. The summed E-state index contributed by atoms with van der Waals surface area (Å²) >= 11 is 1.63. The van der Waals surface area contributed by atoms with Gasteiger partial charge in [-0.05, 0) is 6.08 Å². The molecule has 0 unspecified atom stereocenters. The van der Waals surface area contributed by atoms with Crippen LogP contribution in [0.4, 0.5) is 0 Å². The molecule has 0 fully saturated rings. The van der Waals surface area contributed by atoms with E-state index >= 15 is 0 Å². The standard InChI is InChI=1S/C15H13N3O2S2/c1-22(19,20)12(10-16)9-13-14(11-5-3-2-4-6-11)17-15-18(13)7-8-21-15/h2-6,9H,7-8H2,1H3/b12-9+. The highest BCUT2D eigenvalue weighted by atomic mass is 32.2. The quantitative estimate of drug-likeness (QED) is 0.808. The van der Waals surface area contributed by atoms with Gasteiger partial charge in [0.2, 0.25) is 0 Å². The van der Waals surface area contributed by atoms with Crippen LogP contribution in [0.1, 0.15) is 5.69 Å². The first-order valence-electron chi connectivity index (χ1n) is 6.61. The number of hydrogen-bond acceptors (Lipinski definition) is 5. The maximum absolute atomic E-state index is 11.7. The third-order valence-electron chi connectivity index (χ3n) is 3.34. The summed E-state index contributed by atoms with van der Waals surface area (Å²) in [5.74, 6) is 0.902. The first-order valence-corrected chi connectivity index (χ1v) is 9.49. The largest absolute Gasteiger partial charge is 0.318 e. The van der Waals surface area contributed by atoms with Gasteiger partial charge in [0, 0.05) is 24.1 Å². The van der Waals surface area contributed by atoms with Crippen LogP contribution in [-0.2, 0) is 16.4 Å². The van der Waals surface area contributed by atoms with Gasteiger partial charge in [0.05, 0.1) is 11.4 Å². The van der Waals surface area contributed by atoms with Gasteiger partial charge in [0.1, 0.15) is 11.0 Å². The van der Waals surface area contributed by atoms with Crippen molar-refractivity contribution in [3.8, 4) is 17.3 Å². The van der Waals surface area contributed by atoms with Crippen LogP contribution in [0.2, 0.25) is 0 Å². The number of sulfone groups is 1. The zero-order valence-electron chi connectivity index (χ0n) is 11.9. The summed E-state index contributed by atoms with van der Waals surface area (Å²) in [5, 5.41) is 10.00. The van der Waals surface area contributed by atoms with Crippen molar-refractivity contribution in [2.24, 2.45) is 0 Å². The van der Waals surface area contributed by atoms with Crippen molar-refractivity contribution in [3.63, 3.8) is 0 Å². The van der Waals surface area contributed by atoms with Gasteiger partial charge in [0.15, 0.2) is 15.0 Å². The van der Waals surface area contributed by atoms with Crippen LogP contribution in [0.5, 0.6) is 0 Å². The first-order chi connectivity index (χ1) is 10.5. The SMILES string of the molecule is CS(=O)(=O)/C(C#N)=C/c1c(-c2ccccc2)nc2n1CCS2. The van der Waals surface area contributed by atoms with Crippen molar-refractivity contribution in [2.75, 3.05) is 12.0 Å². The van der Waals surface area contributed by atoms with Gasteiger partial charge in [-0.25, -0.2) is 13.4 Å². The Morgan fingerprint density at radius 1 is 1.41 bits per heavy atom. The van der Waals surface area contributed by atoms with Crippen LogP contribution in [0.25, 0.3) is 17.3 Å². The van der Waals surface area contributed by atoms with E-state index in [1.165, 1.54) is 6.08 Å². The second-order valence-corrected chi connectivity index (χ2v) is 7.93. The zero-order valence-corrected chi connectivity index (χ0v) is 13.5. The van der Waals surface area contributed by atoms with Crippen molar-refractivity contribution >= 4 is 27.7 Å². The molecule has 0 saturated carbocycles. The van der Waals surface area contributed by atoms with E-state index in [2.05, 4.69) is 4.98 Å². The number of nitrogens with zero attached hydrogens (tertiary/aromatic N) is 3. The van der Waals surface area contributed by atoms with Crippen molar-refractivity contribution in [2.45, 2.75) is 11.7 Å². The summed E-state index contributed by atoms with van der Waals surface area (Å²) in [5.41, 5.74) is 2.29. The molecule has 1 aliphatic heterocycles. The number of benzene rings is 1. The van der Waals surface area contributed by atoms with Crippen LogP contribution >= 0.6 is 11.8 Å². The van der Waals surface area contributed by atoms with Gasteiger partial charge < -0.3 is 4.57 Å². The highest BCUT2D eigenvalue weighted by Crippen LogP contribution is 2.34. The molecule has 2 heterocycles. The predicted octanol–water partition coefficient (Wildman–Crippen LogP) is 2.56. The summed E-state index contributed by atoms with van der Waals surface area (Å²) in [6.07, 6.45) is 2.47. The van der Waals surface area contributed by atoms with Crippen LogP contribution < -0.4 is 0 Å². The van der Waals surface area contributed by atoms with E-state index in [1.54, 1.807) is 17.8 Å². The van der Waals surface area contributed by atoms with Gasteiger partial charge in [-0.2, -0.15) is 5.26 Å². The third kappa shape index (κ3) is 2.67. The zero-order chi connectivity index (χ0) is 15.7. The number of fused-ring (bicyclic) bond motifs is 1. The van der Waals surface area contributed by atoms with E-state index < -0.39 is 9.84 Å². The number of aromatic nitrogens is 2.